The highest BCUT2D eigenvalue weighted by molar-refractivity contribution is 7.14. The Kier molecular flexibility index (Phi) is 7.44. The van der Waals surface area contributed by atoms with Gasteiger partial charge in [-0.2, -0.15) is 0 Å². The van der Waals surface area contributed by atoms with Crippen molar-refractivity contribution in [3.8, 4) is 11.8 Å². The highest BCUT2D eigenvalue weighted by atomic mass is 32.1. The number of thiophene rings is 1. The number of nitrogens with zero attached hydrogens (tertiary/aromatic N) is 2. The molecule has 0 aliphatic heterocycles. The van der Waals surface area contributed by atoms with Gasteiger partial charge in [0.05, 0.1) is 9.75 Å². The van der Waals surface area contributed by atoms with Gasteiger partial charge < -0.3 is 14.9 Å². The summed E-state index contributed by atoms with van der Waals surface area (Å²) in [6.45, 7) is 6.21. The summed E-state index contributed by atoms with van der Waals surface area (Å²) in [5, 5.41) is 8.77. The molecule has 0 spiro atoms. The Balaban J connectivity index is 2.87. The van der Waals surface area contributed by atoms with Crippen molar-refractivity contribution in [2.75, 3.05) is 40.3 Å². The number of aryl methyl sites for hydroxylation is 1. The average Bonchev–Trinajstić information content (AvgIpc) is 2.81. The first kappa shape index (κ1) is 17.7. The Bertz CT molecular complexity index is 526. The third kappa shape index (κ3) is 5.50. The molecule has 4 nitrogen and oxygen atoms in total. The second-order valence-electron chi connectivity index (χ2n) is 5.18. The summed E-state index contributed by atoms with van der Waals surface area (Å²) in [6, 6.07) is 1.90. The van der Waals surface area contributed by atoms with Gasteiger partial charge in [-0.15, -0.1) is 11.3 Å². The zero-order valence-electron chi connectivity index (χ0n) is 13.3. The molecule has 21 heavy (non-hydrogen) atoms. The van der Waals surface area contributed by atoms with E-state index in [2.05, 4.69) is 23.7 Å². The van der Waals surface area contributed by atoms with Crippen molar-refractivity contribution in [3.63, 3.8) is 0 Å². The minimum Gasteiger partial charge on any atom is -0.384 e. The van der Waals surface area contributed by atoms with Crippen molar-refractivity contribution in [2.45, 2.75) is 20.3 Å². The fraction of sp³-hybridized carbons (Fsp3) is 0.562. The summed E-state index contributed by atoms with van der Waals surface area (Å²) in [4.78, 5) is 18.2. The third-order valence-corrected chi connectivity index (χ3v) is 4.15. The lowest BCUT2D eigenvalue weighted by Crippen LogP contribution is -2.36. The first-order valence-electron chi connectivity index (χ1n) is 7.13. The van der Waals surface area contributed by atoms with Gasteiger partial charge in [0, 0.05) is 19.6 Å². The maximum Gasteiger partial charge on any atom is 0.264 e. The summed E-state index contributed by atoms with van der Waals surface area (Å²) in [5.41, 5.74) is 0.994. The minimum atomic E-state index is -0.161. The largest absolute Gasteiger partial charge is 0.384 e. The lowest BCUT2D eigenvalue weighted by molar-refractivity contribution is 0.0750. The molecule has 116 valence electrons. The molecule has 1 N–H and O–H groups in total. The Hall–Kier alpha value is -1.35. The maximum absolute atomic E-state index is 12.6. The zero-order valence-corrected chi connectivity index (χ0v) is 14.1. The quantitative estimate of drug-likeness (QED) is 0.815. The topological polar surface area (TPSA) is 43.8 Å². The molecule has 0 atom stereocenters. The molecule has 0 saturated heterocycles. The Morgan fingerprint density at radius 3 is 2.62 bits per heavy atom. The zero-order chi connectivity index (χ0) is 15.8. The fourth-order valence-corrected chi connectivity index (χ4v) is 2.91. The Morgan fingerprint density at radius 2 is 2.05 bits per heavy atom. The molecule has 0 fully saturated rings. The molecule has 0 aliphatic rings. The second-order valence-corrected chi connectivity index (χ2v) is 6.23. The highest BCUT2D eigenvalue weighted by Crippen LogP contribution is 2.22. The number of carbonyl (C=O) groups is 1. The number of hydrogen-bond donors (Lipinski definition) is 1. The average molecular weight is 308 g/mol. The molecule has 1 aromatic heterocycles. The molecule has 1 rings (SSSR count). The van der Waals surface area contributed by atoms with E-state index < -0.39 is 0 Å². The molecule has 0 radical (unpaired) electrons. The van der Waals surface area contributed by atoms with E-state index in [9.17, 15) is 4.79 Å². The van der Waals surface area contributed by atoms with E-state index in [1.807, 2.05) is 32.0 Å². The van der Waals surface area contributed by atoms with E-state index in [0.717, 1.165) is 41.4 Å². The van der Waals surface area contributed by atoms with Crippen LogP contribution in [0.5, 0.6) is 0 Å². The summed E-state index contributed by atoms with van der Waals surface area (Å²) >= 11 is 1.41. The lowest BCUT2D eigenvalue weighted by atomic mass is 10.2. The van der Waals surface area contributed by atoms with Crippen LogP contribution in [-0.4, -0.2) is 61.2 Å². The number of rotatable bonds is 6. The van der Waals surface area contributed by atoms with Gasteiger partial charge >= 0.3 is 0 Å². The van der Waals surface area contributed by atoms with E-state index >= 15 is 0 Å². The van der Waals surface area contributed by atoms with Crippen molar-refractivity contribution < 1.29 is 9.90 Å². The predicted molar refractivity (Wildman–Crippen MR) is 87.8 cm³/mol. The van der Waals surface area contributed by atoms with Crippen molar-refractivity contribution in [1.82, 2.24) is 9.80 Å². The minimum absolute atomic E-state index is 0.0730. The fourth-order valence-electron chi connectivity index (χ4n) is 1.89. The van der Waals surface area contributed by atoms with Gasteiger partial charge in [0.2, 0.25) is 0 Å². The second kappa shape index (κ2) is 8.83. The molecule has 0 aliphatic carbocycles. The number of aliphatic hydroxyl groups is 1. The monoisotopic (exact) mass is 308 g/mol. The number of aliphatic hydroxyl groups excluding tert-OH is 1. The van der Waals surface area contributed by atoms with Crippen molar-refractivity contribution in [3.05, 3.63) is 21.4 Å². The van der Waals surface area contributed by atoms with Gasteiger partial charge in [-0.25, -0.2) is 0 Å². The van der Waals surface area contributed by atoms with Crippen LogP contribution in [0.3, 0.4) is 0 Å². The van der Waals surface area contributed by atoms with Crippen LogP contribution < -0.4 is 0 Å². The predicted octanol–water partition coefficient (Wildman–Crippen LogP) is 1.81. The lowest BCUT2D eigenvalue weighted by Gasteiger charge is -2.23. The van der Waals surface area contributed by atoms with Crippen LogP contribution in [0.4, 0.5) is 0 Å². The van der Waals surface area contributed by atoms with Crippen molar-refractivity contribution in [1.29, 1.82) is 0 Å². The third-order valence-electron chi connectivity index (χ3n) is 3.01. The van der Waals surface area contributed by atoms with Crippen LogP contribution in [0.15, 0.2) is 6.07 Å². The van der Waals surface area contributed by atoms with Gasteiger partial charge in [-0.05, 0) is 39.1 Å². The summed E-state index contributed by atoms with van der Waals surface area (Å²) < 4.78 is 0. The molecular weight excluding hydrogens is 284 g/mol. The first-order valence-corrected chi connectivity index (χ1v) is 7.95. The number of amides is 1. The van der Waals surface area contributed by atoms with E-state index in [1.165, 1.54) is 11.3 Å². The van der Waals surface area contributed by atoms with Crippen molar-refractivity contribution in [2.24, 2.45) is 0 Å². The molecule has 1 heterocycles. The molecule has 1 aromatic rings. The van der Waals surface area contributed by atoms with E-state index in [0.29, 0.717) is 0 Å². The molecule has 0 unspecified atom stereocenters. The molecule has 0 aromatic carbocycles. The van der Waals surface area contributed by atoms with Crippen LogP contribution >= 0.6 is 11.3 Å². The van der Waals surface area contributed by atoms with Crippen LogP contribution in [0.25, 0.3) is 0 Å². The summed E-state index contributed by atoms with van der Waals surface area (Å²) in [7, 11) is 4.01. The van der Waals surface area contributed by atoms with Gasteiger partial charge in [0.15, 0.2) is 0 Å². The van der Waals surface area contributed by atoms with E-state index in [1.54, 1.807) is 0 Å². The molecule has 1 amide bonds. The van der Waals surface area contributed by atoms with Crippen LogP contribution in [0.2, 0.25) is 0 Å². The molecule has 0 saturated carbocycles. The van der Waals surface area contributed by atoms with Gasteiger partial charge in [0.25, 0.3) is 5.91 Å². The molecule has 0 bridgehead atoms. The number of carbonyl (C=O) groups excluding carboxylic acids is 1. The van der Waals surface area contributed by atoms with E-state index in [4.69, 9.17) is 5.11 Å². The highest BCUT2D eigenvalue weighted by Gasteiger charge is 2.18. The van der Waals surface area contributed by atoms with Crippen molar-refractivity contribution >= 4 is 17.2 Å². The summed E-state index contributed by atoms with van der Waals surface area (Å²) in [5.74, 6) is 5.61. The van der Waals surface area contributed by atoms with Gasteiger partial charge in [0.1, 0.15) is 6.61 Å². The standard InChI is InChI=1S/C16H24N2O2S/c1-5-8-18(10-9-17(3)4)16(20)15-12-13(2)14(21-15)7-6-11-19/h12,19H,5,8-11H2,1-4H3. The molecule has 5 heteroatoms. The SMILES string of the molecule is CCCN(CCN(C)C)C(=O)c1cc(C)c(C#CCO)s1. The smallest absolute Gasteiger partial charge is 0.264 e. The first-order chi connectivity index (χ1) is 9.99. The Labute approximate surface area is 131 Å². The van der Waals surface area contributed by atoms with E-state index in [-0.39, 0.29) is 12.5 Å². The number of hydrogen-bond acceptors (Lipinski definition) is 4. The maximum atomic E-state index is 12.6. The Morgan fingerprint density at radius 1 is 1.33 bits per heavy atom. The number of likely N-dealkylation sites (N-methyl/N-ethyl adjacent to an activating group) is 1. The van der Waals surface area contributed by atoms with Gasteiger partial charge in [-0.1, -0.05) is 18.8 Å². The van der Waals surface area contributed by atoms with Crippen LogP contribution in [-0.2, 0) is 0 Å². The summed E-state index contributed by atoms with van der Waals surface area (Å²) in [6.07, 6.45) is 0.945. The molecular formula is C16H24N2O2S. The van der Waals surface area contributed by atoms with Gasteiger partial charge in [-0.3, -0.25) is 4.79 Å². The van der Waals surface area contributed by atoms with Crippen LogP contribution in [0.1, 0.15) is 33.5 Å². The van der Waals surface area contributed by atoms with Crippen LogP contribution in [0, 0.1) is 18.8 Å². The normalized spacial score (nSPS) is 10.4.